The minimum atomic E-state index is -0.0669. The molecule has 0 radical (unpaired) electrons. The van der Waals surface area contributed by atoms with Crippen LogP contribution in [-0.2, 0) is 11.3 Å². The predicted molar refractivity (Wildman–Crippen MR) is 95.4 cm³/mol. The van der Waals surface area contributed by atoms with Crippen molar-refractivity contribution in [3.8, 4) is 5.69 Å². The maximum absolute atomic E-state index is 12.6. The highest BCUT2D eigenvalue weighted by Crippen LogP contribution is 2.19. The minimum absolute atomic E-state index is 0.0669. The molecule has 2 heterocycles. The SMILES string of the molecule is CC(=O)NCc1cnn(-c2ccc(C(=O)N3CCC(C)CC3)cc2)c1. The molecule has 3 rings (SSSR count). The number of piperidine rings is 1. The fourth-order valence-electron chi connectivity index (χ4n) is 2.97. The summed E-state index contributed by atoms with van der Waals surface area (Å²) in [6.07, 6.45) is 5.76. The number of hydrogen-bond donors (Lipinski definition) is 1. The molecule has 0 atom stereocenters. The van der Waals surface area contributed by atoms with E-state index in [-0.39, 0.29) is 11.8 Å². The number of rotatable bonds is 4. The molecule has 0 unspecified atom stereocenters. The number of amides is 2. The molecule has 0 saturated carbocycles. The Hall–Kier alpha value is -2.63. The number of carbonyl (C=O) groups is 2. The van der Waals surface area contributed by atoms with Crippen LogP contribution in [-0.4, -0.2) is 39.6 Å². The molecule has 1 aliphatic rings. The van der Waals surface area contributed by atoms with Crippen LogP contribution < -0.4 is 5.32 Å². The van der Waals surface area contributed by atoms with Gasteiger partial charge in [0.1, 0.15) is 0 Å². The molecule has 132 valence electrons. The van der Waals surface area contributed by atoms with E-state index in [4.69, 9.17) is 0 Å². The maximum Gasteiger partial charge on any atom is 0.253 e. The summed E-state index contributed by atoms with van der Waals surface area (Å²) >= 11 is 0. The average Bonchev–Trinajstić information content (AvgIpc) is 3.09. The van der Waals surface area contributed by atoms with Crippen LogP contribution in [0.15, 0.2) is 36.7 Å². The molecule has 0 aliphatic carbocycles. The number of nitrogens with zero attached hydrogens (tertiary/aromatic N) is 3. The molecule has 1 N–H and O–H groups in total. The number of likely N-dealkylation sites (tertiary alicyclic amines) is 1. The summed E-state index contributed by atoms with van der Waals surface area (Å²) in [5.74, 6) is 0.742. The summed E-state index contributed by atoms with van der Waals surface area (Å²) in [5.41, 5.74) is 2.53. The highest BCUT2D eigenvalue weighted by atomic mass is 16.2. The van der Waals surface area contributed by atoms with Crippen LogP contribution in [0.3, 0.4) is 0 Å². The molecule has 6 nitrogen and oxygen atoms in total. The molecular formula is C19H24N4O2. The fraction of sp³-hybridized carbons (Fsp3) is 0.421. The summed E-state index contributed by atoms with van der Waals surface area (Å²) in [7, 11) is 0. The monoisotopic (exact) mass is 340 g/mol. The molecule has 1 saturated heterocycles. The lowest BCUT2D eigenvalue weighted by Crippen LogP contribution is -2.37. The quantitative estimate of drug-likeness (QED) is 0.929. The lowest BCUT2D eigenvalue weighted by molar-refractivity contribution is -0.119. The summed E-state index contributed by atoms with van der Waals surface area (Å²) in [6.45, 7) is 5.87. The Kier molecular flexibility index (Phi) is 5.16. The maximum atomic E-state index is 12.6. The van der Waals surface area contributed by atoms with Crippen LogP contribution in [0.4, 0.5) is 0 Å². The second-order valence-electron chi connectivity index (χ2n) is 6.72. The Morgan fingerprint density at radius 1 is 1.20 bits per heavy atom. The van der Waals surface area contributed by atoms with E-state index in [0.29, 0.717) is 18.0 Å². The van der Waals surface area contributed by atoms with Crippen LogP contribution in [0.25, 0.3) is 5.69 Å². The highest BCUT2D eigenvalue weighted by Gasteiger charge is 2.21. The van der Waals surface area contributed by atoms with Gasteiger partial charge in [0.15, 0.2) is 0 Å². The topological polar surface area (TPSA) is 67.2 Å². The van der Waals surface area contributed by atoms with Crippen LogP contribution in [0.5, 0.6) is 0 Å². The molecule has 0 spiro atoms. The van der Waals surface area contributed by atoms with Crippen molar-refractivity contribution < 1.29 is 9.59 Å². The first kappa shape index (κ1) is 17.2. The highest BCUT2D eigenvalue weighted by molar-refractivity contribution is 5.94. The van der Waals surface area contributed by atoms with Gasteiger partial charge in [0.25, 0.3) is 5.91 Å². The first-order valence-corrected chi connectivity index (χ1v) is 8.70. The van der Waals surface area contributed by atoms with Crippen molar-refractivity contribution in [2.24, 2.45) is 5.92 Å². The third-order valence-corrected chi connectivity index (χ3v) is 4.63. The van der Waals surface area contributed by atoms with Gasteiger partial charge < -0.3 is 10.2 Å². The van der Waals surface area contributed by atoms with Crippen molar-refractivity contribution in [1.82, 2.24) is 20.0 Å². The van der Waals surface area contributed by atoms with E-state index in [1.54, 1.807) is 10.9 Å². The second-order valence-corrected chi connectivity index (χ2v) is 6.72. The molecule has 1 aromatic carbocycles. The number of aromatic nitrogens is 2. The molecule has 6 heteroatoms. The summed E-state index contributed by atoms with van der Waals surface area (Å²) in [5, 5.41) is 7.05. The van der Waals surface area contributed by atoms with Gasteiger partial charge in [-0.25, -0.2) is 4.68 Å². The summed E-state index contributed by atoms with van der Waals surface area (Å²) < 4.78 is 1.74. The van der Waals surface area contributed by atoms with E-state index in [2.05, 4.69) is 17.3 Å². The Balaban J connectivity index is 1.66. The van der Waals surface area contributed by atoms with Gasteiger partial charge >= 0.3 is 0 Å². The van der Waals surface area contributed by atoms with Gasteiger partial charge in [-0.15, -0.1) is 0 Å². The number of nitrogens with one attached hydrogen (secondary N) is 1. The summed E-state index contributed by atoms with van der Waals surface area (Å²) in [4.78, 5) is 25.5. The Morgan fingerprint density at radius 2 is 1.88 bits per heavy atom. The third-order valence-electron chi connectivity index (χ3n) is 4.63. The van der Waals surface area contributed by atoms with Gasteiger partial charge in [-0.3, -0.25) is 9.59 Å². The minimum Gasteiger partial charge on any atom is -0.352 e. The van der Waals surface area contributed by atoms with Gasteiger partial charge in [0.2, 0.25) is 5.91 Å². The zero-order chi connectivity index (χ0) is 17.8. The van der Waals surface area contributed by atoms with E-state index in [9.17, 15) is 9.59 Å². The molecule has 1 aliphatic heterocycles. The standard InChI is InChI=1S/C19H24N4O2/c1-14-7-9-22(10-8-14)19(25)17-3-5-18(6-4-17)23-13-16(12-21-23)11-20-15(2)24/h3-6,12-14H,7-11H2,1-2H3,(H,20,24). The van der Waals surface area contributed by atoms with E-state index in [1.165, 1.54) is 6.92 Å². The molecule has 0 bridgehead atoms. The Morgan fingerprint density at radius 3 is 2.52 bits per heavy atom. The number of benzene rings is 1. The van der Waals surface area contributed by atoms with Gasteiger partial charge in [-0.05, 0) is 43.0 Å². The molecule has 1 aromatic heterocycles. The zero-order valence-electron chi connectivity index (χ0n) is 14.7. The zero-order valence-corrected chi connectivity index (χ0v) is 14.7. The average molecular weight is 340 g/mol. The van der Waals surface area contributed by atoms with Crippen LogP contribution in [0, 0.1) is 5.92 Å². The Labute approximate surface area is 147 Å². The lowest BCUT2D eigenvalue weighted by Gasteiger charge is -2.30. The molecule has 2 amide bonds. The van der Waals surface area contributed by atoms with Crippen molar-refractivity contribution >= 4 is 11.8 Å². The Bertz CT molecular complexity index is 743. The van der Waals surface area contributed by atoms with Crippen LogP contribution in [0.2, 0.25) is 0 Å². The molecule has 25 heavy (non-hydrogen) atoms. The first-order chi connectivity index (χ1) is 12.0. The van der Waals surface area contributed by atoms with Crippen molar-refractivity contribution in [2.45, 2.75) is 33.2 Å². The van der Waals surface area contributed by atoms with Crippen molar-refractivity contribution in [3.63, 3.8) is 0 Å². The molecule has 2 aromatic rings. The van der Waals surface area contributed by atoms with Gasteiger partial charge in [0.05, 0.1) is 11.9 Å². The van der Waals surface area contributed by atoms with E-state index in [0.717, 1.165) is 37.2 Å². The predicted octanol–water partition coefficient (Wildman–Crippen LogP) is 2.38. The lowest BCUT2D eigenvalue weighted by atomic mass is 9.98. The number of carbonyl (C=O) groups excluding carboxylic acids is 2. The third kappa shape index (κ3) is 4.26. The van der Waals surface area contributed by atoms with Crippen molar-refractivity contribution in [2.75, 3.05) is 13.1 Å². The summed E-state index contributed by atoms with van der Waals surface area (Å²) in [6, 6.07) is 7.50. The molecular weight excluding hydrogens is 316 g/mol. The van der Waals surface area contributed by atoms with Gasteiger partial charge in [-0.2, -0.15) is 5.10 Å². The van der Waals surface area contributed by atoms with E-state index in [1.807, 2.05) is 35.4 Å². The first-order valence-electron chi connectivity index (χ1n) is 8.70. The normalized spacial score (nSPS) is 15.2. The van der Waals surface area contributed by atoms with Gasteiger partial charge in [0, 0.05) is 43.9 Å². The van der Waals surface area contributed by atoms with E-state index < -0.39 is 0 Å². The largest absolute Gasteiger partial charge is 0.352 e. The van der Waals surface area contributed by atoms with E-state index >= 15 is 0 Å². The second kappa shape index (κ2) is 7.51. The van der Waals surface area contributed by atoms with Crippen molar-refractivity contribution in [1.29, 1.82) is 0 Å². The van der Waals surface area contributed by atoms with Crippen LogP contribution in [0.1, 0.15) is 42.6 Å². The fourth-order valence-corrected chi connectivity index (χ4v) is 2.97. The van der Waals surface area contributed by atoms with Crippen LogP contribution >= 0.6 is 0 Å². The molecule has 1 fully saturated rings. The van der Waals surface area contributed by atoms with Crippen molar-refractivity contribution in [3.05, 3.63) is 47.8 Å². The van der Waals surface area contributed by atoms with Gasteiger partial charge in [-0.1, -0.05) is 6.92 Å². The number of hydrogen-bond acceptors (Lipinski definition) is 3. The smallest absolute Gasteiger partial charge is 0.253 e.